The predicted molar refractivity (Wildman–Crippen MR) is 234 cm³/mol. The summed E-state index contributed by atoms with van der Waals surface area (Å²) in [7, 11) is 0. The van der Waals surface area contributed by atoms with Crippen molar-refractivity contribution >= 4 is 65.0 Å². The molecular formula is C44H65N7O14. The molecule has 0 heterocycles. The Balaban J connectivity index is 3.66. The van der Waals surface area contributed by atoms with Gasteiger partial charge in [0.15, 0.2) is 0 Å². The number of carboxylic acid groups (broad SMARTS) is 2. The summed E-state index contributed by atoms with van der Waals surface area (Å²) in [5, 5.41) is 33.2. The van der Waals surface area contributed by atoms with Gasteiger partial charge in [-0.15, -0.1) is 0 Å². The van der Waals surface area contributed by atoms with Crippen LogP contribution in [0.25, 0.3) is 0 Å². The van der Waals surface area contributed by atoms with Gasteiger partial charge in [-0.1, -0.05) is 91.3 Å². The number of esters is 1. The molecule has 1 rings (SSSR count). The minimum absolute atomic E-state index is 0.0846. The van der Waals surface area contributed by atoms with Crippen LogP contribution >= 0.6 is 0 Å². The molecule has 0 saturated heterocycles. The van der Waals surface area contributed by atoms with Crippen molar-refractivity contribution < 1.29 is 67.7 Å². The molecule has 65 heavy (non-hydrogen) atoms. The van der Waals surface area contributed by atoms with Crippen molar-refractivity contribution in [3.63, 3.8) is 0 Å². The monoisotopic (exact) mass is 915 g/mol. The Morgan fingerprint density at radius 2 is 1.26 bits per heavy atom. The first-order chi connectivity index (χ1) is 30.3. The number of ketones is 1. The van der Waals surface area contributed by atoms with Gasteiger partial charge >= 0.3 is 17.9 Å². The minimum atomic E-state index is -1.85. The van der Waals surface area contributed by atoms with Crippen LogP contribution in [0.2, 0.25) is 0 Å². The largest absolute Gasteiger partial charge is 0.481 e. The van der Waals surface area contributed by atoms with E-state index in [1.54, 1.807) is 65.8 Å². The van der Waals surface area contributed by atoms with Gasteiger partial charge < -0.3 is 52.6 Å². The van der Waals surface area contributed by atoms with Crippen molar-refractivity contribution in [1.29, 1.82) is 0 Å². The molecular weight excluding hydrogens is 851 g/mol. The average Bonchev–Trinajstić information content (AvgIpc) is 3.21. The van der Waals surface area contributed by atoms with Crippen LogP contribution in [0.5, 0.6) is 0 Å². The number of primary amides is 1. The molecule has 0 aliphatic heterocycles. The first-order valence-electron chi connectivity index (χ1n) is 21.2. The molecule has 1 aromatic rings. The zero-order chi connectivity index (χ0) is 49.6. The summed E-state index contributed by atoms with van der Waals surface area (Å²) < 4.78 is 5.01. The van der Waals surface area contributed by atoms with E-state index in [4.69, 9.17) is 15.6 Å². The second-order valence-corrected chi connectivity index (χ2v) is 17.0. The van der Waals surface area contributed by atoms with Gasteiger partial charge in [0.2, 0.25) is 41.2 Å². The maximum atomic E-state index is 14.4. The number of amides is 7. The Morgan fingerprint density at radius 1 is 0.723 bits per heavy atom. The van der Waals surface area contributed by atoms with Crippen LogP contribution in [0, 0.1) is 18.3 Å². The lowest BCUT2D eigenvalue weighted by atomic mass is 9.85. The SMILES string of the molecule is C=CCOC(=O)C[C@H](NC(=O)[C@H](CC(=O)O)NC(=O)CCC(=O)O)C(=O)N[C@@H](Cc1ccccc1C)C(=O)N[C@H](C(=O)N[C@@H](CC(C)C)C(=O)N[C@@H](CCCC)C(=O)C(N)=O)C(C)(C)C. The van der Waals surface area contributed by atoms with Gasteiger partial charge in [0, 0.05) is 12.8 Å². The third kappa shape index (κ3) is 21.0. The molecule has 0 aromatic heterocycles. The topological polar surface area (TPSA) is 336 Å². The predicted octanol–water partition coefficient (Wildman–Crippen LogP) is 0.242. The highest BCUT2D eigenvalue weighted by atomic mass is 16.5. The van der Waals surface area contributed by atoms with Gasteiger partial charge in [-0.25, -0.2) is 0 Å². The van der Waals surface area contributed by atoms with Crippen molar-refractivity contribution in [2.75, 3.05) is 6.61 Å². The lowest BCUT2D eigenvalue weighted by Gasteiger charge is -2.34. The normalized spacial score (nSPS) is 13.8. The Morgan fingerprint density at radius 3 is 1.78 bits per heavy atom. The van der Waals surface area contributed by atoms with Crippen LogP contribution in [-0.4, -0.2) is 118 Å². The Bertz CT molecular complexity index is 1910. The molecule has 0 aliphatic carbocycles. The van der Waals surface area contributed by atoms with E-state index in [9.17, 15) is 57.8 Å². The summed E-state index contributed by atoms with van der Waals surface area (Å²) in [6.07, 6.45) is -0.731. The molecule has 0 aliphatic rings. The summed E-state index contributed by atoms with van der Waals surface area (Å²) in [6, 6.07) is -2.24. The van der Waals surface area contributed by atoms with E-state index in [-0.39, 0.29) is 31.8 Å². The van der Waals surface area contributed by atoms with Gasteiger partial charge in [-0.3, -0.25) is 52.7 Å². The highest BCUT2D eigenvalue weighted by Gasteiger charge is 2.39. The number of aliphatic carboxylic acids is 2. The number of rotatable bonds is 29. The highest BCUT2D eigenvalue weighted by Crippen LogP contribution is 2.21. The lowest BCUT2D eigenvalue weighted by Crippen LogP contribution is -2.62. The number of nitrogens with one attached hydrogen (secondary N) is 6. The molecule has 10 N–H and O–H groups in total. The van der Waals surface area contributed by atoms with Gasteiger partial charge in [-0.05, 0) is 42.2 Å². The number of Topliss-reactive ketones (excluding diaryl/α,β-unsaturated/α-hetero) is 1. The zero-order valence-corrected chi connectivity index (χ0v) is 38.1. The third-order valence-corrected chi connectivity index (χ3v) is 9.76. The number of aryl methyl sites for hydroxylation is 1. The average molecular weight is 916 g/mol. The number of carboxylic acids is 2. The second-order valence-electron chi connectivity index (χ2n) is 17.0. The number of hydrogen-bond acceptors (Lipinski definition) is 12. The molecule has 0 spiro atoms. The van der Waals surface area contributed by atoms with E-state index in [0.29, 0.717) is 24.0 Å². The van der Waals surface area contributed by atoms with Gasteiger partial charge in [0.25, 0.3) is 5.91 Å². The molecule has 21 nitrogen and oxygen atoms in total. The summed E-state index contributed by atoms with van der Waals surface area (Å²) >= 11 is 0. The van der Waals surface area contributed by atoms with Crippen LogP contribution in [-0.2, 0) is 63.9 Å². The molecule has 7 amide bonds. The molecule has 0 saturated carbocycles. The number of unbranched alkanes of at least 4 members (excludes halogenated alkanes) is 1. The maximum absolute atomic E-state index is 14.4. The Kier molecular flexibility index (Phi) is 23.8. The number of benzene rings is 1. The standard InChI is InChI=1S/C44H65N7O14/c1-9-11-16-27(36(58)38(45)59)47-39(60)28(20-24(3)4)50-43(64)37(44(6,7)8)51-42(63)29(21-26-15-13-12-14-25(26)5)48-41(62)31(23-35(57)65-19-10-2)49-40(61)30(22-34(55)56)46-32(52)17-18-33(53)54/h10,12-15,24,27-31,37H,2,9,11,16-23H2,1,3-8H3,(H2,45,59)(H,46,52)(H,47,60)(H,48,62)(H,49,61)(H,50,64)(H,51,63)(H,53,54)(H,55,56)/t27-,28-,29-,30-,31-,37+/m0/s1. The molecule has 21 heteroatoms. The van der Waals surface area contributed by atoms with Crippen LogP contribution in [0.3, 0.4) is 0 Å². The van der Waals surface area contributed by atoms with E-state index < -0.39 is 132 Å². The van der Waals surface area contributed by atoms with Crippen LogP contribution in [0.4, 0.5) is 0 Å². The number of carbonyl (C=O) groups is 11. The molecule has 1 aromatic carbocycles. The summed E-state index contributed by atoms with van der Waals surface area (Å²) in [6.45, 7) is 15.2. The van der Waals surface area contributed by atoms with E-state index in [1.165, 1.54) is 6.08 Å². The number of nitrogens with two attached hydrogens (primary N) is 1. The smallest absolute Gasteiger partial charge is 0.308 e. The molecule has 0 unspecified atom stereocenters. The second kappa shape index (κ2) is 27.5. The van der Waals surface area contributed by atoms with Crippen molar-refractivity contribution in [3.05, 3.63) is 48.0 Å². The van der Waals surface area contributed by atoms with E-state index >= 15 is 0 Å². The fraction of sp³-hybridized carbons (Fsp3) is 0.568. The first-order valence-corrected chi connectivity index (χ1v) is 21.2. The van der Waals surface area contributed by atoms with Crippen LogP contribution in [0.1, 0.15) is 104 Å². The van der Waals surface area contributed by atoms with E-state index in [0.717, 1.165) is 0 Å². The number of ether oxygens (including phenoxy) is 1. The lowest BCUT2D eigenvalue weighted by molar-refractivity contribution is -0.146. The van der Waals surface area contributed by atoms with Gasteiger partial charge in [-0.2, -0.15) is 0 Å². The summed E-state index contributed by atoms with van der Waals surface area (Å²) in [5.74, 6) is -12.2. The fourth-order valence-electron chi connectivity index (χ4n) is 6.27. The third-order valence-electron chi connectivity index (χ3n) is 9.76. The van der Waals surface area contributed by atoms with Gasteiger partial charge in [0.05, 0.1) is 25.3 Å². The molecule has 0 bridgehead atoms. The summed E-state index contributed by atoms with van der Waals surface area (Å²) in [5.41, 5.74) is 5.45. The molecule has 6 atom stereocenters. The Hall–Kier alpha value is -6.67. The van der Waals surface area contributed by atoms with Crippen LogP contribution in [0.15, 0.2) is 36.9 Å². The van der Waals surface area contributed by atoms with Crippen molar-refractivity contribution in [3.8, 4) is 0 Å². The maximum Gasteiger partial charge on any atom is 0.308 e. The van der Waals surface area contributed by atoms with E-state index in [2.05, 4.69) is 38.5 Å². The fourth-order valence-corrected chi connectivity index (χ4v) is 6.27. The highest BCUT2D eigenvalue weighted by molar-refractivity contribution is 6.37. The molecule has 0 fully saturated rings. The summed E-state index contributed by atoms with van der Waals surface area (Å²) in [4.78, 5) is 142. The molecule has 360 valence electrons. The van der Waals surface area contributed by atoms with Crippen molar-refractivity contribution in [2.24, 2.45) is 17.1 Å². The van der Waals surface area contributed by atoms with Crippen molar-refractivity contribution in [1.82, 2.24) is 31.9 Å². The van der Waals surface area contributed by atoms with Crippen LogP contribution < -0.4 is 37.6 Å². The van der Waals surface area contributed by atoms with E-state index in [1.807, 2.05) is 6.92 Å². The minimum Gasteiger partial charge on any atom is -0.481 e. The zero-order valence-electron chi connectivity index (χ0n) is 38.1. The number of carbonyl (C=O) groups excluding carboxylic acids is 9. The number of hydrogen-bond donors (Lipinski definition) is 9. The Labute approximate surface area is 378 Å². The quantitative estimate of drug-likeness (QED) is 0.0296. The van der Waals surface area contributed by atoms with Gasteiger partial charge in [0.1, 0.15) is 36.8 Å². The molecule has 0 radical (unpaired) electrons. The van der Waals surface area contributed by atoms with Crippen molar-refractivity contribution in [2.45, 2.75) is 143 Å². The first kappa shape index (κ1) is 56.3.